The molecule has 5 heteroatoms. The zero-order chi connectivity index (χ0) is 8.34. The molecule has 3 amide bonds. The first-order valence-electron chi connectivity index (χ1n) is 3.97. The number of urea groups is 1. The molecule has 12 heavy (non-hydrogen) atoms. The van der Waals surface area contributed by atoms with Crippen LogP contribution in [-0.2, 0) is 4.79 Å². The Balaban J connectivity index is 1.99. The average molecular weight is 184 g/mol. The number of carbonyl (C=O) groups excluding carboxylic acids is 2. The molecule has 2 heterocycles. The molecule has 3 fully saturated rings. The quantitative estimate of drug-likeness (QED) is 0.508. The molecule has 3 rings (SSSR count). The minimum Gasteiger partial charge on any atom is -0.322 e. The van der Waals surface area contributed by atoms with E-state index < -0.39 is 5.54 Å². The predicted octanol–water partition coefficient (Wildman–Crippen LogP) is -0.300. The third kappa shape index (κ3) is 0.612. The highest BCUT2D eigenvalue weighted by Crippen LogP contribution is 2.57. The van der Waals surface area contributed by atoms with Gasteiger partial charge in [0.25, 0.3) is 5.91 Å². The molecule has 0 radical (unpaired) electrons. The van der Waals surface area contributed by atoms with E-state index in [9.17, 15) is 9.59 Å². The Bertz CT molecular complexity index is 293. The third-order valence-electron chi connectivity index (χ3n) is 2.86. The molecule has 3 aliphatic rings. The smallest absolute Gasteiger partial charge is 0.322 e. The molecule has 1 saturated carbocycles. The number of nitrogens with one attached hydrogen (secondary N) is 2. The molecule has 64 valence electrons. The largest absolute Gasteiger partial charge is 0.322 e. The highest BCUT2D eigenvalue weighted by molar-refractivity contribution is 8.00. The van der Waals surface area contributed by atoms with Crippen LogP contribution >= 0.6 is 11.8 Å². The molecule has 0 unspecified atom stereocenters. The molecule has 0 aromatic carbocycles. The predicted molar refractivity (Wildman–Crippen MR) is 43.8 cm³/mol. The third-order valence-corrected chi connectivity index (χ3v) is 4.43. The second-order valence-corrected chi connectivity index (χ2v) is 4.80. The molecule has 3 atom stereocenters. The van der Waals surface area contributed by atoms with Crippen molar-refractivity contribution in [2.45, 2.75) is 17.2 Å². The number of thioether (sulfide) groups is 1. The number of rotatable bonds is 0. The van der Waals surface area contributed by atoms with E-state index in [4.69, 9.17) is 0 Å². The van der Waals surface area contributed by atoms with E-state index in [-0.39, 0.29) is 11.9 Å². The van der Waals surface area contributed by atoms with Gasteiger partial charge < -0.3 is 5.32 Å². The van der Waals surface area contributed by atoms with E-state index in [0.29, 0.717) is 11.2 Å². The summed E-state index contributed by atoms with van der Waals surface area (Å²) in [6.45, 7) is 0. The lowest BCUT2D eigenvalue weighted by Crippen LogP contribution is -2.49. The fourth-order valence-corrected chi connectivity index (χ4v) is 3.79. The molecule has 1 aliphatic carbocycles. The van der Waals surface area contributed by atoms with Crippen LogP contribution in [0.5, 0.6) is 0 Å². The summed E-state index contributed by atoms with van der Waals surface area (Å²) >= 11 is 1.80. The van der Waals surface area contributed by atoms with Crippen molar-refractivity contribution in [3.05, 3.63) is 0 Å². The van der Waals surface area contributed by atoms with E-state index in [2.05, 4.69) is 10.6 Å². The minimum absolute atomic E-state index is 0.120. The summed E-state index contributed by atoms with van der Waals surface area (Å²) in [6, 6.07) is -0.326. The maximum absolute atomic E-state index is 11.4. The summed E-state index contributed by atoms with van der Waals surface area (Å²) in [7, 11) is 0. The normalized spacial score (nSPS) is 49.0. The first-order valence-corrected chi connectivity index (χ1v) is 5.02. The molecule has 4 nitrogen and oxygen atoms in total. The second kappa shape index (κ2) is 1.79. The minimum atomic E-state index is -0.535. The summed E-state index contributed by atoms with van der Waals surface area (Å²) in [5.41, 5.74) is -0.535. The monoisotopic (exact) mass is 184 g/mol. The van der Waals surface area contributed by atoms with Gasteiger partial charge in [-0.05, 0) is 6.42 Å². The van der Waals surface area contributed by atoms with Crippen LogP contribution in [-0.4, -0.2) is 28.5 Å². The summed E-state index contributed by atoms with van der Waals surface area (Å²) in [5, 5.41) is 5.67. The number of amides is 3. The molecule has 2 N–H and O–H groups in total. The van der Waals surface area contributed by atoms with E-state index in [1.165, 1.54) is 0 Å². The highest BCUT2D eigenvalue weighted by Gasteiger charge is 2.65. The van der Waals surface area contributed by atoms with Gasteiger partial charge >= 0.3 is 6.03 Å². The lowest BCUT2D eigenvalue weighted by atomic mass is 9.96. The van der Waals surface area contributed by atoms with Crippen LogP contribution in [0.1, 0.15) is 6.42 Å². The maximum atomic E-state index is 11.4. The Kier molecular flexibility index (Phi) is 1.01. The lowest BCUT2D eigenvalue weighted by molar-refractivity contribution is -0.123. The van der Waals surface area contributed by atoms with E-state index >= 15 is 0 Å². The Labute approximate surface area is 73.5 Å². The molecule has 2 aliphatic heterocycles. The fraction of sp³-hybridized carbons (Fsp3) is 0.714. The van der Waals surface area contributed by atoms with Gasteiger partial charge in [0, 0.05) is 16.9 Å². The van der Waals surface area contributed by atoms with Crippen molar-refractivity contribution in [3.8, 4) is 0 Å². The Hall–Kier alpha value is -0.710. The van der Waals surface area contributed by atoms with Crippen LogP contribution in [0.3, 0.4) is 0 Å². The maximum Gasteiger partial charge on any atom is 0.322 e. The topological polar surface area (TPSA) is 58.2 Å². The van der Waals surface area contributed by atoms with Gasteiger partial charge in [-0.1, -0.05) is 0 Å². The fourth-order valence-electron chi connectivity index (χ4n) is 2.09. The molecular weight excluding hydrogens is 176 g/mol. The molecule has 0 bridgehead atoms. The van der Waals surface area contributed by atoms with Crippen LogP contribution < -0.4 is 10.6 Å². The number of imide groups is 1. The lowest BCUT2D eigenvalue weighted by Gasteiger charge is -2.20. The molecular formula is C7H8N2O2S. The average Bonchev–Trinajstić information content (AvgIpc) is 2.64. The summed E-state index contributed by atoms with van der Waals surface area (Å²) in [4.78, 5) is 22.4. The van der Waals surface area contributed by atoms with Crippen LogP contribution in [0.25, 0.3) is 0 Å². The molecule has 0 aromatic heterocycles. The van der Waals surface area contributed by atoms with Gasteiger partial charge in [-0.2, -0.15) is 11.8 Å². The van der Waals surface area contributed by atoms with Gasteiger partial charge in [0.05, 0.1) is 0 Å². The van der Waals surface area contributed by atoms with Crippen LogP contribution in [0.15, 0.2) is 0 Å². The zero-order valence-electron chi connectivity index (χ0n) is 6.29. The van der Waals surface area contributed by atoms with E-state index in [0.717, 1.165) is 12.2 Å². The number of hydrogen-bond donors (Lipinski definition) is 2. The molecule has 2 saturated heterocycles. The second-order valence-electron chi connectivity index (χ2n) is 3.57. The van der Waals surface area contributed by atoms with Crippen LogP contribution in [0.2, 0.25) is 0 Å². The summed E-state index contributed by atoms with van der Waals surface area (Å²) in [6.07, 6.45) is 1.08. The number of carbonyl (C=O) groups is 2. The standard InChI is InChI=1S/C7H8N2O2S/c10-5-7(9-6(11)8-5)2-12-4-1-3(4)7/h3-4H,1-2H2,(H2,8,9,10,11)/t3-,4+,7+/m1/s1. The van der Waals surface area contributed by atoms with Crippen molar-refractivity contribution >= 4 is 23.7 Å². The van der Waals surface area contributed by atoms with Gasteiger partial charge in [-0.3, -0.25) is 10.1 Å². The van der Waals surface area contributed by atoms with Gasteiger partial charge in [0.15, 0.2) is 0 Å². The van der Waals surface area contributed by atoms with Crippen molar-refractivity contribution < 1.29 is 9.59 Å². The first-order chi connectivity index (χ1) is 5.72. The van der Waals surface area contributed by atoms with Crippen molar-refractivity contribution in [1.82, 2.24) is 10.6 Å². The molecule has 0 aromatic rings. The van der Waals surface area contributed by atoms with E-state index in [1.807, 2.05) is 0 Å². The van der Waals surface area contributed by atoms with E-state index in [1.54, 1.807) is 11.8 Å². The molecule has 1 spiro atoms. The van der Waals surface area contributed by atoms with Crippen LogP contribution in [0.4, 0.5) is 4.79 Å². The van der Waals surface area contributed by atoms with Gasteiger partial charge in [-0.15, -0.1) is 0 Å². The Morgan fingerprint density at radius 1 is 1.50 bits per heavy atom. The number of fused-ring (bicyclic) bond motifs is 2. The van der Waals surface area contributed by atoms with Crippen molar-refractivity contribution in [2.24, 2.45) is 5.92 Å². The summed E-state index contributed by atoms with van der Waals surface area (Å²) in [5.74, 6) is 1.03. The zero-order valence-corrected chi connectivity index (χ0v) is 7.11. The van der Waals surface area contributed by atoms with Gasteiger partial charge in [0.1, 0.15) is 5.54 Å². The van der Waals surface area contributed by atoms with Crippen molar-refractivity contribution in [2.75, 3.05) is 5.75 Å². The highest BCUT2D eigenvalue weighted by atomic mass is 32.2. The first kappa shape index (κ1) is 6.77. The Morgan fingerprint density at radius 2 is 2.33 bits per heavy atom. The van der Waals surface area contributed by atoms with Crippen LogP contribution in [0, 0.1) is 5.92 Å². The Morgan fingerprint density at radius 3 is 2.75 bits per heavy atom. The summed E-state index contributed by atoms with van der Waals surface area (Å²) < 4.78 is 0. The van der Waals surface area contributed by atoms with Crippen molar-refractivity contribution in [1.29, 1.82) is 0 Å². The number of hydrogen-bond acceptors (Lipinski definition) is 3. The van der Waals surface area contributed by atoms with Gasteiger partial charge in [-0.25, -0.2) is 4.79 Å². The van der Waals surface area contributed by atoms with Crippen molar-refractivity contribution in [3.63, 3.8) is 0 Å². The van der Waals surface area contributed by atoms with Gasteiger partial charge in [0.2, 0.25) is 0 Å². The SMILES string of the molecule is O=C1NC(=O)[C@@]2(CS[C@H]3C[C@H]32)N1.